The summed E-state index contributed by atoms with van der Waals surface area (Å²) in [6.45, 7) is 4.23. The standard InChI is InChI=1S/C15H15Cl/c1-3-12-4-6-13(7-5-12)14-8-11(2)9-15(16)10-14/h4-10H,3H2,1-2H3. The summed E-state index contributed by atoms with van der Waals surface area (Å²) in [7, 11) is 0. The van der Waals surface area contributed by atoms with Crippen molar-refractivity contribution in [1.82, 2.24) is 0 Å². The molecule has 2 aromatic rings. The summed E-state index contributed by atoms with van der Waals surface area (Å²) in [5, 5.41) is 0.801. The van der Waals surface area contributed by atoms with Crippen LogP contribution < -0.4 is 0 Å². The normalized spacial score (nSPS) is 10.4. The minimum atomic E-state index is 0.801. The fourth-order valence-corrected chi connectivity index (χ4v) is 2.13. The highest BCUT2D eigenvalue weighted by atomic mass is 35.5. The Hall–Kier alpha value is -1.27. The van der Waals surface area contributed by atoms with Gasteiger partial charge in [-0.3, -0.25) is 0 Å². The van der Waals surface area contributed by atoms with E-state index in [1.165, 1.54) is 22.3 Å². The third-order valence-electron chi connectivity index (χ3n) is 2.74. The van der Waals surface area contributed by atoms with Gasteiger partial charge < -0.3 is 0 Å². The largest absolute Gasteiger partial charge is 0.0843 e. The van der Waals surface area contributed by atoms with Gasteiger partial charge in [0.15, 0.2) is 0 Å². The molecule has 1 heteroatoms. The molecular weight excluding hydrogens is 216 g/mol. The van der Waals surface area contributed by atoms with E-state index < -0.39 is 0 Å². The van der Waals surface area contributed by atoms with Crippen LogP contribution in [0.1, 0.15) is 18.1 Å². The summed E-state index contributed by atoms with van der Waals surface area (Å²) < 4.78 is 0. The van der Waals surface area contributed by atoms with Crippen LogP contribution in [0.15, 0.2) is 42.5 Å². The zero-order valence-electron chi connectivity index (χ0n) is 9.63. The van der Waals surface area contributed by atoms with Crippen molar-refractivity contribution in [2.45, 2.75) is 20.3 Å². The van der Waals surface area contributed by atoms with E-state index in [0.29, 0.717) is 0 Å². The van der Waals surface area contributed by atoms with Gasteiger partial charge in [-0.25, -0.2) is 0 Å². The van der Waals surface area contributed by atoms with Crippen LogP contribution in [0.2, 0.25) is 5.02 Å². The quantitative estimate of drug-likeness (QED) is 0.690. The lowest BCUT2D eigenvalue weighted by Gasteiger charge is -2.05. The van der Waals surface area contributed by atoms with Crippen LogP contribution in [-0.2, 0) is 6.42 Å². The highest BCUT2D eigenvalue weighted by Crippen LogP contribution is 2.24. The summed E-state index contributed by atoms with van der Waals surface area (Å²) in [5.41, 5.74) is 4.97. The second kappa shape index (κ2) is 4.71. The van der Waals surface area contributed by atoms with Crippen LogP contribution in [0, 0.1) is 6.92 Å². The molecule has 0 unspecified atom stereocenters. The Balaban J connectivity index is 2.42. The lowest BCUT2D eigenvalue weighted by Crippen LogP contribution is -1.83. The van der Waals surface area contributed by atoms with Crippen molar-refractivity contribution >= 4 is 11.6 Å². The summed E-state index contributed by atoms with van der Waals surface area (Å²) in [6.07, 6.45) is 1.08. The van der Waals surface area contributed by atoms with Crippen LogP contribution >= 0.6 is 11.6 Å². The average Bonchev–Trinajstić information content (AvgIpc) is 2.28. The van der Waals surface area contributed by atoms with E-state index in [2.05, 4.69) is 44.2 Å². The van der Waals surface area contributed by atoms with Crippen molar-refractivity contribution in [1.29, 1.82) is 0 Å². The number of halogens is 1. The Morgan fingerprint density at radius 1 is 0.938 bits per heavy atom. The predicted molar refractivity (Wildman–Crippen MR) is 71.0 cm³/mol. The molecule has 2 aromatic carbocycles. The minimum Gasteiger partial charge on any atom is -0.0843 e. The van der Waals surface area contributed by atoms with Gasteiger partial charge in [0, 0.05) is 5.02 Å². The highest BCUT2D eigenvalue weighted by Gasteiger charge is 2.00. The predicted octanol–water partition coefficient (Wildman–Crippen LogP) is 4.88. The maximum absolute atomic E-state index is 6.06. The fourth-order valence-electron chi connectivity index (χ4n) is 1.84. The number of rotatable bonds is 2. The second-order valence-electron chi connectivity index (χ2n) is 4.07. The zero-order chi connectivity index (χ0) is 11.5. The molecule has 0 fully saturated rings. The van der Waals surface area contributed by atoms with Crippen LogP contribution in [0.3, 0.4) is 0 Å². The highest BCUT2D eigenvalue weighted by molar-refractivity contribution is 6.30. The zero-order valence-corrected chi connectivity index (χ0v) is 10.4. The molecular formula is C15H15Cl. The summed E-state index contributed by atoms with van der Waals surface area (Å²) in [4.78, 5) is 0. The minimum absolute atomic E-state index is 0.801. The van der Waals surface area contributed by atoms with Crippen LogP contribution in [-0.4, -0.2) is 0 Å². The molecule has 0 atom stereocenters. The first-order valence-electron chi connectivity index (χ1n) is 5.55. The molecule has 2 rings (SSSR count). The van der Waals surface area contributed by atoms with Crippen LogP contribution in [0.25, 0.3) is 11.1 Å². The van der Waals surface area contributed by atoms with Gasteiger partial charge in [0.25, 0.3) is 0 Å². The van der Waals surface area contributed by atoms with Gasteiger partial charge in [0.05, 0.1) is 0 Å². The van der Waals surface area contributed by atoms with E-state index in [-0.39, 0.29) is 0 Å². The maximum Gasteiger partial charge on any atom is 0.0414 e. The molecule has 0 spiro atoms. The van der Waals surface area contributed by atoms with Crippen molar-refractivity contribution in [2.75, 3.05) is 0 Å². The SMILES string of the molecule is CCc1ccc(-c2cc(C)cc(Cl)c2)cc1. The van der Waals surface area contributed by atoms with Gasteiger partial charge in [-0.15, -0.1) is 0 Å². The molecule has 0 nitrogen and oxygen atoms in total. The monoisotopic (exact) mass is 230 g/mol. The molecule has 0 aliphatic heterocycles. The smallest absolute Gasteiger partial charge is 0.0414 e. The van der Waals surface area contributed by atoms with Gasteiger partial charge in [0.1, 0.15) is 0 Å². The van der Waals surface area contributed by atoms with E-state index in [1.807, 2.05) is 12.1 Å². The lowest BCUT2D eigenvalue weighted by atomic mass is 10.0. The van der Waals surface area contributed by atoms with Crippen molar-refractivity contribution in [2.24, 2.45) is 0 Å². The molecule has 82 valence electrons. The Labute approximate surface area is 102 Å². The van der Waals surface area contributed by atoms with E-state index in [4.69, 9.17) is 11.6 Å². The molecule has 0 saturated heterocycles. The molecule has 0 bridgehead atoms. The van der Waals surface area contributed by atoms with E-state index in [0.717, 1.165) is 11.4 Å². The first kappa shape index (κ1) is 11.2. The molecule has 16 heavy (non-hydrogen) atoms. The molecule has 0 heterocycles. The molecule has 0 saturated carbocycles. The average molecular weight is 231 g/mol. The van der Waals surface area contributed by atoms with Crippen molar-refractivity contribution < 1.29 is 0 Å². The molecule has 0 aliphatic carbocycles. The first-order valence-corrected chi connectivity index (χ1v) is 5.93. The Bertz CT molecular complexity index is 463. The third kappa shape index (κ3) is 2.45. The van der Waals surface area contributed by atoms with Gasteiger partial charge >= 0.3 is 0 Å². The van der Waals surface area contributed by atoms with Gasteiger partial charge in [0.2, 0.25) is 0 Å². The topological polar surface area (TPSA) is 0 Å². The fraction of sp³-hybridized carbons (Fsp3) is 0.200. The van der Waals surface area contributed by atoms with Gasteiger partial charge in [-0.1, -0.05) is 48.9 Å². The summed E-state index contributed by atoms with van der Waals surface area (Å²) in [6, 6.07) is 14.8. The first-order chi connectivity index (χ1) is 7.69. The van der Waals surface area contributed by atoms with Crippen LogP contribution in [0.4, 0.5) is 0 Å². The van der Waals surface area contributed by atoms with Crippen molar-refractivity contribution in [3.63, 3.8) is 0 Å². The Morgan fingerprint density at radius 3 is 2.19 bits per heavy atom. The van der Waals surface area contributed by atoms with E-state index >= 15 is 0 Å². The molecule has 0 aliphatic rings. The maximum atomic E-state index is 6.06. The van der Waals surface area contributed by atoms with E-state index in [1.54, 1.807) is 0 Å². The molecule has 0 N–H and O–H groups in total. The summed E-state index contributed by atoms with van der Waals surface area (Å²) >= 11 is 6.06. The summed E-state index contributed by atoms with van der Waals surface area (Å²) in [5.74, 6) is 0. The lowest BCUT2D eigenvalue weighted by molar-refractivity contribution is 1.14. The molecule has 0 radical (unpaired) electrons. The number of benzene rings is 2. The molecule has 0 amide bonds. The third-order valence-corrected chi connectivity index (χ3v) is 2.96. The molecule has 0 aromatic heterocycles. The van der Waals surface area contributed by atoms with Crippen LogP contribution in [0.5, 0.6) is 0 Å². The van der Waals surface area contributed by atoms with Gasteiger partial charge in [-0.2, -0.15) is 0 Å². The second-order valence-corrected chi connectivity index (χ2v) is 4.50. The van der Waals surface area contributed by atoms with Crippen molar-refractivity contribution in [3.8, 4) is 11.1 Å². The number of aryl methyl sites for hydroxylation is 2. The Morgan fingerprint density at radius 2 is 1.62 bits per heavy atom. The van der Waals surface area contributed by atoms with Gasteiger partial charge in [-0.05, 0) is 47.7 Å². The number of hydrogen-bond donors (Lipinski definition) is 0. The number of hydrogen-bond acceptors (Lipinski definition) is 0. The van der Waals surface area contributed by atoms with Crippen molar-refractivity contribution in [3.05, 3.63) is 58.6 Å². The Kier molecular flexibility index (Phi) is 3.31. The van der Waals surface area contributed by atoms with E-state index in [9.17, 15) is 0 Å².